The van der Waals surface area contributed by atoms with Gasteiger partial charge >= 0.3 is 11.9 Å². The Morgan fingerprint density at radius 1 is 0.414 bits per heavy atom. The minimum absolute atomic E-state index is 0.0813. The van der Waals surface area contributed by atoms with Crippen LogP contribution < -0.4 is 0 Å². The lowest BCUT2D eigenvalue weighted by Crippen LogP contribution is -2.28. The van der Waals surface area contributed by atoms with Crippen molar-refractivity contribution in [2.45, 2.75) is 225 Å². The molecule has 0 fully saturated rings. The van der Waals surface area contributed by atoms with Crippen LogP contribution in [-0.2, 0) is 19.1 Å². The molecular formula is C53H90O5. The predicted octanol–water partition coefficient (Wildman–Crippen LogP) is 15.9. The first-order valence-electron chi connectivity index (χ1n) is 24.1. The zero-order valence-electron chi connectivity index (χ0n) is 37.8. The summed E-state index contributed by atoms with van der Waals surface area (Å²) in [5, 5.41) is 9.61. The number of esters is 2. The van der Waals surface area contributed by atoms with E-state index in [0.717, 1.165) is 89.9 Å². The van der Waals surface area contributed by atoms with Crippen molar-refractivity contribution in [1.82, 2.24) is 0 Å². The molecule has 0 spiro atoms. The molecule has 1 atom stereocenters. The first-order valence-corrected chi connectivity index (χ1v) is 24.1. The second kappa shape index (κ2) is 48.4. The van der Waals surface area contributed by atoms with E-state index >= 15 is 0 Å². The van der Waals surface area contributed by atoms with Crippen LogP contribution in [-0.4, -0.2) is 36.4 Å². The molecule has 0 rings (SSSR count). The maximum atomic E-state index is 12.2. The Labute approximate surface area is 358 Å². The standard InChI is InChI=1S/C53H90O5/c1-3-5-7-9-11-13-15-17-19-21-23-25-26-28-30-32-34-36-38-40-42-44-46-48-53(56)58-51(49-54)50-57-52(55)47-45-43-41-39-37-35-33-31-29-27-24-22-20-18-16-14-12-10-8-6-4-2/h5,7,11,13,17,19,22-25,28,30,34,36,51,54H,3-4,6,8-10,12,14-16,18,20-21,26-27,29,31-33,35,37-50H2,1-2H3/b7-5-,13-11-,19-17-,24-22-,25-23-,30-28-,36-34-. The quantitative estimate of drug-likeness (QED) is 0.0377. The average Bonchev–Trinajstić information content (AvgIpc) is 3.23. The van der Waals surface area contributed by atoms with E-state index < -0.39 is 6.10 Å². The van der Waals surface area contributed by atoms with E-state index in [2.05, 4.69) is 98.9 Å². The molecule has 1 unspecified atom stereocenters. The molecular weight excluding hydrogens is 717 g/mol. The van der Waals surface area contributed by atoms with E-state index in [4.69, 9.17) is 9.47 Å². The van der Waals surface area contributed by atoms with E-state index in [1.165, 1.54) is 103 Å². The molecule has 1 N–H and O–H groups in total. The van der Waals surface area contributed by atoms with Gasteiger partial charge in [-0.3, -0.25) is 9.59 Å². The lowest BCUT2D eigenvalue weighted by Gasteiger charge is -2.15. The Morgan fingerprint density at radius 2 is 0.741 bits per heavy atom. The molecule has 0 aliphatic heterocycles. The molecule has 0 saturated heterocycles. The Balaban J connectivity index is 3.60. The molecule has 0 heterocycles. The Morgan fingerprint density at radius 3 is 1.14 bits per heavy atom. The van der Waals surface area contributed by atoms with Crippen LogP contribution >= 0.6 is 0 Å². The van der Waals surface area contributed by atoms with E-state index in [1.807, 2.05) is 0 Å². The number of ether oxygens (including phenoxy) is 2. The van der Waals surface area contributed by atoms with Gasteiger partial charge in [-0.25, -0.2) is 0 Å². The van der Waals surface area contributed by atoms with Gasteiger partial charge in [0.1, 0.15) is 6.61 Å². The summed E-state index contributed by atoms with van der Waals surface area (Å²) < 4.78 is 10.6. The number of carbonyl (C=O) groups is 2. The number of aliphatic hydroxyl groups is 1. The maximum absolute atomic E-state index is 12.2. The van der Waals surface area contributed by atoms with Crippen molar-refractivity contribution in [3.05, 3.63) is 85.1 Å². The Hall–Kier alpha value is -2.92. The van der Waals surface area contributed by atoms with Gasteiger partial charge in [0.05, 0.1) is 6.61 Å². The van der Waals surface area contributed by atoms with Gasteiger partial charge in [0.25, 0.3) is 0 Å². The van der Waals surface area contributed by atoms with Crippen LogP contribution in [0.1, 0.15) is 219 Å². The monoisotopic (exact) mass is 807 g/mol. The number of aliphatic hydroxyl groups excluding tert-OH is 1. The second-order valence-corrected chi connectivity index (χ2v) is 15.8. The summed E-state index contributed by atoms with van der Waals surface area (Å²) in [5.41, 5.74) is 0. The first kappa shape index (κ1) is 55.1. The van der Waals surface area contributed by atoms with E-state index in [0.29, 0.717) is 12.8 Å². The molecule has 0 aliphatic carbocycles. The predicted molar refractivity (Wildman–Crippen MR) is 251 cm³/mol. The molecule has 0 aliphatic rings. The topological polar surface area (TPSA) is 72.8 Å². The molecule has 332 valence electrons. The molecule has 0 amide bonds. The summed E-state index contributed by atoms with van der Waals surface area (Å²) in [4.78, 5) is 24.4. The summed E-state index contributed by atoms with van der Waals surface area (Å²) in [6.45, 7) is 4.01. The van der Waals surface area contributed by atoms with Gasteiger partial charge in [0.15, 0.2) is 6.10 Å². The number of hydrogen-bond donors (Lipinski definition) is 1. The van der Waals surface area contributed by atoms with Crippen LogP contribution in [0.15, 0.2) is 85.1 Å². The summed E-state index contributed by atoms with van der Waals surface area (Å²) in [5.74, 6) is -0.624. The minimum atomic E-state index is -0.791. The number of carbonyl (C=O) groups excluding carboxylic acids is 2. The molecule has 5 heteroatoms. The zero-order chi connectivity index (χ0) is 42.1. The van der Waals surface area contributed by atoms with Crippen LogP contribution in [0.5, 0.6) is 0 Å². The third-order valence-corrected chi connectivity index (χ3v) is 10.2. The summed E-state index contributed by atoms with van der Waals surface area (Å²) >= 11 is 0. The molecule has 0 aromatic carbocycles. The third kappa shape index (κ3) is 45.8. The minimum Gasteiger partial charge on any atom is -0.462 e. The van der Waals surface area contributed by atoms with Crippen LogP contribution in [0, 0.1) is 0 Å². The highest BCUT2D eigenvalue weighted by molar-refractivity contribution is 5.70. The lowest BCUT2D eigenvalue weighted by atomic mass is 10.1. The smallest absolute Gasteiger partial charge is 0.306 e. The molecule has 58 heavy (non-hydrogen) atoms. The van der Waals surface area contributed by atoms with Crippen LogP contribution in [0.3, 0.4) is 0 Å². The first-order chi connectivity index (χ1) is 28.6. The second-order valence-electron chi connectivity index (χ2n) is 15.8. The maximum Gasteiger partial charge on any atom is 0.306 e. The van der Waals surface area contributed by atoms with Gasteiger partial charge in [-0.05, 0) is 89.9 Å². The highest BCUT2D eigenvalue weighted by atomic mass is 16.6. The largest absolute Gasteiger partial charge is 0.462 e. The molecule has 0 aromatic heterocycles. The van der Waals surface area contributed by atoms with Gasteiger partial charge in [0.2, 0.25) is 0 Å². The Kier molecular flexibility index (Phi) is 46.0. The number of hydrogen-bond acceptors (Lipinski definition) is 5. The SMILES string of the molecule is CC/C=C\C/C=C\C/C=C\C/C=C\C/C=C\C/C=C\CCCCCCC(=O)OC(CO)COC(=O)CCCCCCCCCCC/C=C\CCCCCCCCCC. The van der Waals surface area contributed by atoms with Crippen molar-refractivity contribution in [2.75, 3.05) is 13.2 Å². The summed E-state index contributed by atoms with van der Waals surface area (Å²) in [7, 11) is 0. The normalized spacial score (nSPS) is 12.9. The van der Waals surface area contributed by atoms with Crippen LogP contribution in [0.4, 0.5) is 0 Å². The van der Waals surface area contributed by atoms with Gasteiger partial charge in [-0.15, -0.1) is 0 Å². The number of unbranched alkanes of at least 4 members (excludes halogenated alkanes) is 21. The van der Waals surface area contributed by atoms with E-state index in [9.17, 15) is 14.7 Å². The zero-order valence-corrected chi connectivity index (χ0v) is 37.8. The van der Waals surface area contributed by atoms with Crippen molar-refractivity contribution in [2.24, 2.45) is 0 Å². The van der Waals surface area contributed by atoms with E-state index in [-0.39, 0.29) is 25.2 Å². The molecule has 0 radical (unpaired) electrons. The fourth-order valence-corrected chi connectivity index (χ4v) is 6.55. The van der Waals surface area contributed by atoms with Gasteiger partial charge in [-0.1, -0.05) is 202 Å². The van der Waals surface area contributed by atoms with Gasteiger partial charge in [0, 0.05) is 12.8 Å². The van der Waals surface area contributed by atoms with Crippen molar-refractivity contribution < 1.29 is 24.2 Å². The average molecular weight is 807 g/mol. The Bertz CT molecular complexity index is 1090. The highest BCUT2D eigenvalue weighted by Gasteiger charge is 2.16. The van der Waals surface area contributed by atoms with Crippen molar-refractivity contribution in [1.29, 1.82) is 0 Å². The molecule has 0 saturated carbocycles. The number of rotatable bonds is 43. The number of allylic oxidation sites excluding steroid dienone is 14. The van der Waals surface area contributed by atoms with Crippen molar-refractivity contribution in [3.8, 4) is 0 Å². The van der Waals surface area contributed by atoms with Crippen molar-refractivity contribution >= 4 is 11.9 Å². The third-order valence-electron chi connectivity index (χ3n) is 10.2. The fraction of sp³-hybridized carbons (Fsp3) is 0.698. The molecule has 0 bridgehead atoms. The summed E-state index contributed by atoms with van der Waals surface area (Å²) in [6.07, 6.45) is 66.6. The van der Waals surface area contributed by atoms with E-state index in [1.54, 1.807) is 0 Å². The lowest BCUT2D eigenvalue weighted by molar-refractivity contribution is -0.161. The molecule has 0 aromatic rings. The van der Waals surface area contributed by atoms with Crippen molar-refractivity contribution in [3.63, 3.8) is 0 Å². The van der Waals surface area contributed by atoms with Gasteiger partial charge in [-0.2, -0.15) is 0 Å². The molecule has 5 nitrogen and oxygen atoms in total. The van der Waals surface area contributed by atoms with Crippen LogP contribution in [0.2, 0.25) is 0 Å². The van der Waals surface area contributed by atoms with Crippen LogP contribution in [0.25, 0.3) is 0 Å². The van der Waals surface area contributed by atoms with Gasteiger partial charge < -0.3 is 14.6 Å². The summed E-state index contributed by atoms with van der Waals surface area (Å²) in [6, 6.07) is 0. The highest BCUT2D eigenvalue weighted by Crippen LogP contribution is 2.14. The fourth-order valence-electron chi connectivity index (χ4n) is 6.55.